The van der Waals surface area contributed by atoms with Gasteiger partial charge in [-0.1, -0.05) is 5.16 Å². The molecule has 7 nitrogen and oxygen atoms in total. The van der Waals surface area contributed by atoms with Gasteiger partial charge in [0.25, 0.3) is 5.91 Å². The van der Waals surface area contributed by atoms with Crippen molar-refractivity contribution in [3.63, 3.8) is 0 Å². The van der Waals surface area contributed by atoms with Gasteiger partial charge in [0.1, 0.15) is 0 Å². The van der Waals surface area contributed by atoms with E-state index in [0.29, 0.717) is 24.5 Å². The maximum absolute atomic E-state index is 12.5. The molecular weight excluding hydrogens is 296 g/mol. The summed E-state index contributed by atoms with van der Waals surface area (Å²) in [6.45, 7) is 5.65. The minimum atomic E-state index is 0.00955. The highest BCUT2D eigenvalue weighted by atomic mass is 16.5. The molecule has 0 unspecified atom stereocenters. The van der Waals surface area contributed by atoms with Gasteiger partial charge >= 0.3 is 0 Å². The number of carbonyl (C=O) groups is 1. The lowest BCUT2D eigenvalue weighted by Crippen LogP contribution is -2.48. The highest BCUT2D eigenvalue weighted by molar-refractivity contribution is 5.94. The van der Waals surface area contributed by atoms with Gasteiger partial charge in [0.2, 0.25) is 5.88 Å². The molecule has 122 valence electrons. The first-order valence-electron chi connectivity index (χ1n) is 7.59. The molecule has 0 aromatic carbocycles. The van der Waals surface area contributed by atoms with Crippen molar-refractivity contribution in [2.75, 3.05) is 33.3 Å². The van der Waals surface area contributed by atoms with Crippen molar-refractivity contribution >= 4 is 5.91 Å². The number of hydrogen-bond acceptors (Lipinski definition) is 6. The quantitative estimate of drug-likeness (QED) is 0.848. The van der Waals surface area contributed by atoms with Crippen LogP contribution in [0.1, 0.15) is 21.8 Å². The number of methoxy groups -OCH3 is 1. The first-order chi connectivity index (χ1) is 11.2. The van der Waals surface area contributed by atoms with Crippen LogP contribution in [0.5, 0.6) is 5.88 Å². The van der Waals surface area contributed by atoms with Crippen LogP contribution in [0.4, 0.5) is 0 Å². The Kier molecular flexibility index (Phi) is 4.57. The zero-order chi connectivity index (χ0) is 16.2. The predicted molar refractivity (Wildman–Crippen MR) is 83.2 cm³/mol. The Labute approximate surface area is 134 Å². The Hall–Kier alpha value is -2.41. The fourth-order valence-electron chi connectivity index (χ4n) is 2.63. The van der Waals surface area contributed by atoms with Crippen molar-refractivity contribution in [3.05, 3.63) is 41.4 Å². The van der Waals surface area contributed by atoms with E-state index in [1.54, 1.807) is 25.4 Å². The molecule has 1 aliphatic heterocycles. The second kappa shape index (κ2) is 6.78. The zero-order valence-electron chi connectivity index (χ0n) is 13.4. The number of aryl methyl sites for hydroxylation is 1. The van der Waals surface area contributed by atoms with E-state index < -0.39 is 0 Å². The maximum Gasteiger partial charge on any atom is 0.255 e. The van der Waals surface area contributed by atoms with Gasteiger partial charge in [-0.2, -0.15) is 0 Å². The molecule has 3 heterocycles. The van der Waals surface area contributed by atoms with E-state index in [1.807, 2.05) is 17.9 Å². The predicted octanol–water partition coefficient (Wildman–Crippen LogP) is 1.34. The van der Waals surface area contributed by atoms with Crippen LogP contribution < -0.4 is 4.74 Å². The van der Waals surface area contributed by atoms with Crippen molar-refractivity contribution < 1.29 is 14.1 Å². The molecular formula is C16H20N4O3. The molecule has 0 aliphatic carbocycles. The Morgan fingerprint density at radius 2 is 2.09 bits per heavy atom. The van der Waals surface area contributed by atoms with E-state index in [9.17, 15) is 4.79 Å². The normalized spacial score (nSPS) is 15.7. The second-order valence-electron chi connectivity index (χ2n) is 5.59. The lowest BCUT2D eigenvalue weighted by atomic mass is 10.2. The van der Waals surface area contributed by atoms with Gasteiger partial charge in [0, 0.05) is 44.5 Å². The lowest BCUT2D eigenvalue weighted by Gasteiger charge is -2.34. The molecule has 1 amide bonds. The highest BCUT2D eigenvalue weighted by Gasteiger charge is 2.23. The topological polar surface area (TPSA) is 71.7 Å². The largest absolute Gasteiger partial charge is 0.481 e. The van der Waals surface area contributed by atoms with Gasteiger partial charge in [-0.05, 0) is 13.0 Å². The monoisotopic (exact) mass is 316 g/mol. The van der Waals surface area contributed by atoms with Crippen LogP contribution in [-0.4, -0.2) is 59.1 Å². The first-order valence-corrected chi connectivity index (χ1v) is 7.59. The highest BCUT2D eigenvalue weighted by Crippen LogP contribution is 2.13. The van der Waals surface area contributed by atoms with Crippen LogP contribution >= 0.6 is 0 Å². The third-order valence-corrected chi connectivity index (χ3v) is 3.91. The Bertz CT molecular complexity index is 660. The molecule has 0 atom stereocenters. The SMILES string of the molecule is COc1ccc(C(=O)N2CCN(Cc3cc(C)no3)CC2)cn1. The average molecular weight is 316 g/mol. The van der Waals surface area contributed by atoms with Gasteiger partial charge in [-0.3, -0.25) is 9.69 Å². The van der Waals surface area contributed by atoms with Crippen molar-refractivity contribution in [3.8, 4) is 5.88 Å². The van der Waals surface area contributed by atoms with Gasteiger partial charge in [0.05, 0.1) is 24.9 Å². The van der Waals surface area contributed by atoms with Crippen LogP contribution in [0.25, 0.3) is 0 Å². The number of ether oxygens (including phenoxy) is 1. The molecule has 1 fully saturated rings. The summed E-state index contributed by atoms with van der Waals surface area (Å²) in [5.41, 5.74) is 1.48. The number of aromatic nitrogens is 2. The molecule has 2 aromatic rings. The van der Waals surface area contributed by atoms with Crippen molar-refractivity contribution in [2.24, 2.45) is 0 Å². The van der Waals surface area contributed by atoms with Gasteiger partial charge in [0.15, 0.2) is 5.76 Å². The number of hydrogen-bond donors (Lipinski definition) is 0. The van der Waals surface area contributed by atoms with Crippen molar-refractivity contribution in [1.29, 1.82) is 0 Å². The van der Waals surface area contributed by atoms with Crippen LogP contribution in [0, 0.1) is 6.92 Å². The molecule has 1 aliphatic rings. The number of rotatable bonds is 4. The van der Waals surface area contributed by atoms with Crippen LogP contribution in [-0.2, 0) is 6.54 Å². The van der Waals surface area contributed by atoms with Crippen LogP contribution in [0.2, 0.25) is 0 Å². The van der Waals surface area contributed by atoms with Crippen LogP contribution in [0.15, 0.2) is 28.9 Å². The number of carbonyl (C=O) groups excluding carboxylic acids is 1. The fraction of sp³-hybridized carbons (Fsp3) is 0.438. The van der Waals surface area contributed by atoms with E-state index in [1.165, 1.54) is 0 Å². The summed E-state index contributed by atoms with van der Waals surface area (Å²) < 4.78 is 10.3. The molecule has 1 saturated heterocycles. The zero-order valence-corrected chi connectivity index (χ0v) is 13.4. The Morgan fingerprint density at radius 1 is 1.30 bits per heavy atom. The first kappa shape index (κ1) is 15.5. The number of pyridine rings is 1. The summed E-state index contributed by atoms with van der Waals surface area (Å²) in [7, 11) is 1.55. The second-order valence-corrected chi connectivity index (χ2v) is 5.59. The van der Waals surface area contributed by atoms with E-state index in [2.05, 4.69) is 15.0 Å². The fourth-order valence-corrected chi connectivity index (χ4v) is 2.63. The van der Waals surface area contributed by atoms with Crippen molar-refractivity contribution in [1.82, 2.24) is 19.9 Å². The van der Waals surface area contributed by atoms with Gasteiger partial charge in [-0.15, -0.1) is 0 Å². The summed E-state index contributed by atoms with van der Waals surface area (Å²) in [4.78, 5) is 20.7. The minimum Gasteiger partial charge on any atom is -0.481 e. The standard InChI is InChI=1S/C16H20N4O3/c1-12-9-14(23-18-12)11-19-5-7-20(8-6-19)16(21)13-3-4-15(22-2)17-10-13/h3-4,9-10H,5-8,11H2,1-2H3. The molecule has 0 spiro atoms. The van der Waals surface area contributed by atoms with Gasteiger partial charge < -0.3 is 14.2 Å². The molecule has 0 saturated carbocycles. The summed E-state index contributed by atoms with van der Waals surface area (Å²) in [6.07, 6.45) is 1.56. The number of amides is 1. The van der Waals surface area contributed by atoms with Crippen molar-refractivity contribution in [2.45, 2.75) is 13.5 Å². The van der Waals surface area contributed by atoms with E-state index in [0.717, 1.165) is 31.1 Å². The Morgan fingerprint density at radius 3 is 2.65 bits per heavy atom. The maximum atomic E-state index is 12.5. The van der Waals surface area contributed by atoms with Gasteiger partial charge in [-0.25, -0.2) is 4.98 Å². The summed E-state index contributed by atoms with van der Waals surface area (Å²) in [5.74, 6) is 1.38. The Balaban J connectivity index is 1.54. The molecule has 0 bridgehead atoms. The minimum absolute atomic E-state index is 0.00955. The van der Waals surface area contributed by atoms with E-state index >= 15 is 0 Å². The van der Waals surface area contributed by atoms with E-state index in [4.69, 9.17) is 9.26 Å². The summed E-state index contributed by atoms with van der Waals surface area (Å²) in [6, 6.07) is 5.40. The molecule has 7 heteroatoms. The average Bonchev–Trinajstić information content (AvgIpc) is 3.00. The third kappa shape index (κ3) is 3.68. The summed E-state index contributed by atoms with van der Waals surface area (Å²) in [5, 5.41) is 3.90. The number of nitrogens with zero attached hydrogens (tertiary/aromatic N) is 4. The molecule has 3 rings (SSSR count). The number of piperazine rings is 1. The van der Waals surface area contributed by atoms with Crippen LogP contribution in [0.3, 0.4) is 0 Å². The van der Waals surface area contributed by atoms with E-state index in [-0.39, 0.29) is 5.91 Å². The summed E-state index contributed by atoms with van der Waals surface area (Å²) >= 11 is 0. The molecule has 2 aromatic heterocycles. The molecule has 0 N–H and O–H groups in total. The lowest BCUT2D eigenvalue weighted by molar-refractivity contribution is 0.0617. The molecule has 23 heavy (non-hydrogen) atoms. The third-order valence-electron chi connectivity index (χ3n) is 3.91. The smallest absolute Gasteiger partial charge is 0.255 e. The molecule has 0 radical (unpaired) electrons.